The summed E-state index contributed by atoms with van der Waals surface area (Å²) in [6.45, 7) is 3.26. The van der Waals surface area contributed by atoms with Gasteiger partial charge in [0.05, 0.1) is 18.1 Å². The second-order valence-corrected chi connectivity index (χ2v) is 8.15. The molecular formula is C19H21BrN2O3S. The molecule has 7 heteroatoms. The second-order valence-electron chi connectivity index (χ2n) is 6.06. The molecule has 1 aliphatic heterocycles. The molecule has 0 bridgehead atoms. The lowest BCUT2D eigenvalue weighted by molar-refractivity contribution is 0.0618. The van der Waals surface area contributed by atoms with Crippen LogP contribution in [0.25, 0.3) is 0 Å². The van der Waals surface area contributed by atoms with Gasteiger partial charge in [-0.25, -0.2) is 4.21 Å². The summed E-state index contributed by atoms with van der Waals surface area (Å²) in [5.74, 6) is 1.21. The third-order valence-corrected chi connectivity index (χ3v) is 5.63. The number of halogens is 1. The molecule has 0 fully saturated rings. The first kappa shape index (κ1) is 19.2. The third kappa shape index (κ3) is 5.48. The van der Waals surface area contributed by atoms with Crippen molar-refractivity contribution in [1.82, 2.24) is 5.48 Å². The quantitative estimate of drug-likeness (QED) is 0.527. The van der Waals surface area contributed by atoms with Gasteiger partial charge in [0.15, 0.2) is 11.1 Å². The van der Waals surface area contributed by atoms with E-state index in [-0.39, 0.29) is 6.61 Å². The topological polar surface area (TPSA) is 59.9 Å². The summed E-state index contributed by atoms with van der Waals surface area (Å²) in [5.41, 5.74) is 5.27. The molecule has 5 nitrogen and oxygen atoms in total. The Morgan fingerprint density at radius 3 is 2.62 bits per heavy atom. The second kappa shape index (κ2) is 9.41. The van der Waals surface area contributed by atoms with Crippen LogP contribution >= 0.6 is 15.9 Å². The lowest BCUT2D eigenvalue weighted by atomic mass is 9.98. The Balaban J connectivity index is 1.33. The van der Waals surface area contributed by atoms with Crippen molar-refractivity contribution in [1.29, 1.82) is 0 Å². The van der Waals surface area contributed by atoms with Gasteiger partial charge >= 0.3 is 0 Å². The van der Waals surface area contributed by atoms with Crippen LogP contribution in [0, 0.1) is 6.92 Å². The van der Waals surface area contributed by atoms with Crippen molar-refractivity contribution >= 4 is 32.8 Å². The van der Waals surface area contributed by atoms with Crippen LogP contribution in [-0.2, 0) is 20.1 Å². The van der Waals surface area contributed by atoms with Gasteiger partial charge in [-0.2, -0.15) is 0 Å². The van der Waals surface area contributed by atoms with Gasteiger partial charge in [-0.1, -0.05) is 45.8 Å². The Labute approximate surface area is 164 Å². The standard InChI is InChI=1S/C19H21BrN2O3S/c1-14-2-8-18(9-3-14)26(23)25-11-10-24-22-19-12-16(13-21-19)15-4-6-17(20)7-5-15/h2-9,16H,10-13H2,1H3,(H,21,22). The Morgan fingerprint density at radius 2 is 1.88 bits per heavy atom. The van der Waals surface area contributed by atoms with E-state index in [0.29, 0.717) is 17.4 Å². The minimum atomic E-state index is -1.47. The summed E-state index contributed by atoms with van der Waals surface area (Å²) < 4.78 is 18.4. The molecule has 0 saturated carbocycles. The van der Waals surface area contributed by atoms with Crippen LogP contribution < -0.4 is 5.48 Å². The lowest BCUT2D eigenvalue weighted by Gasteiger charge is -2.10. The molecule has 0 spiro atoms. The zero-order valence-electron chi connectivity index (χ0n) is 14.5. The SMILES string of the molecule is Cc1ccc(S(=O)OCCONC2=NCC(c3ccc(Br)cc3)C2)cc1. The molecule has 2 aromatic rings. The highest BCUT2D eigenvalue weighted by molar-refractivity contribution is 9.10. The van der Waals surface area contributed by atoms with Crippen LogP contribution in [0.15, 0.2) is 62.9 Å². The Bertz CT molecular complexity index is 778. The maximum atomic E-state index is 12.0. The zero-order valence-corrected chi connectivity index (χ0v) is 16.9. The number of nitrogens with one attached hydrogen (secondary N) is 1. The predicted octanol–water partition coefficient (Wildman–Crippen LogP) is 3.90. The number of hydroxylamine groups is 1. The lowest BCUT2D eigenvalue weighted by Crippen LogP contribution is -2.24. The van der Waals surface area contributed by atoms with E-state index in [1.54, 1.807) is 12.1 Å². The van der Waals surface area contributed by atoms with Gasteiger partial charge in [0.2, 0.25) is 0 Å². The van der Waals surface area contributed by atoms with Gasteiger partial charge in [0.1, 0.15) is 5.84 Å². The molecule has 138 valence electrons. The molecular weight excluding hydrogens is 416 g/mol. The van der Waals surface area contributed by atoms with Gasteiger partial charge in [-0.3, -0.25) is 19.5 Å². The van der Waals surface area contributed by atoms with E-state index in [4.69, 9.17) is 9.02 Å². The number of hydrogen-bond donors (Lipinski definition) is 1. The normalized spacial score (nSPS) is 17.8. The molecule has 0 radical (unpaired) electrons. The molecule has 26 heavy (non-hydrogen) atoms. The summed E-state index contributed by atoms with van der Waals surface area (Å²) in [6, 6.07) is 15.7. The van der Waals surface area contributed by atoms with Crippen LogP contribution in [0.3, 0.4) is 0 Å². The molecule has 0 aromatic heterocycles. The molecule has 0 saturated heterocycles. The summed E-state index contributed by atoms with van der Waals surface area (Å²) in [7, 11) is 0. The van der Waals surface area contributed by atoms with Gasteiger partial charge < -0.3 is 0 Å². The van der Waals surface area contributed by atoms with Crippen LogP contribution in [0.2, 0.25) is 0 Å². The molecule has 2 unspecified atom stereocenters. The van der Waals surface area contributed by atoms with E-state index in [1.165, 1.54) is 5.56 Å². The van der Waals surface area contributed by atoms with Crippen molar-refractivity contribution in [2.45, 2.75) is 24.2 Å². The van der Waals surface area contributed by atoms with Crippen LogP contribution in [0.1, 0.15) is 23.5 Å². The van der Waals surface area contributed by atoms with Crippen molar-refractivity contribution in [2.24, 2.45) is 4.99 Å². The van der Waals surface area contributed by atoms with Gasteiger partial charge in [0.25, 0.3) is 0 Å². The van der Waals surface area contributed by atoms with Gasteiger partial charge in [-0.15, -0.1) is 0 Å². The number of amidine groups is 1. The number of aryl methyl sites for hydroxylation is 1. The van der Waals surface area contributed by atoms with E-state index < -0.39 is 11.1 Å². The molecule has 1 heterocycles. The van der Waals surface area contributed by atoms with Crippen molar-refractivity contribution in [2.75, 3.05) is 19.8 Å². The number of aliphatic imine (C=N–C) groups is 1. The minimum absolute atomic E-state index is 0.233. The number of benzene rings is 2. The van der Waals surface area contributed by atoms with Crippen LogP contribution in [-0.4, -0.2) is 29.8 Å². The van der Waals surface area contributed by atoms with Crippen molar-refractivity contribution in [3.63, 3.8) is 0 Å². The third-order valence-electron chi connectivity index (χ3n) is 4.06. The first-order chi connectivity index (χ1) is 12.6. The number of hydrogen-bond acceptors (Lipinski definition) is 5. The molecule has 1 aliphatic rings. The summed E-state index contributed by atoms with van der Waals surface area (Å²) in [5, 5.41) is 0. The van der Waals surface area contributed by atoms with E-state index in [2.05, 4.69) is 38.5 Å². The Morgan fingerprint density at radius 1 is 1.15 bits per heavy atom. The zero-order chi connectivity index (χ0) is 18.4. The molecule has 1 N–H and O–H groups in total. The van der Waals surface area contributed by atoms with Crippen LogP contribution in [0.4, 0.5) is 0 Å². The fraction of sp³-hybridized carbons (Fsp3) is 0.316. The molecule has 3 rings (SSSR count). The average Bonchev–Trinajstić information content (AvgIpc) is 3.11. The summed E-state index contributed by atoms with van der Waals surface area (Å²) in [4.78, 5) is 10.5. The van der Waals surface area contributed by atoms with Gasteiger partial charge in [-0.05, 0) is 36.8 Å². The maximum Gasteiger partial charge on any atom is 0.189 e. The smallest absolute Gasteiger partial charge is 0.189 e. The molecule has 0 amide bonds. The van der Waals surface area contributed by atoms with E-state index in [9.17, 15) is 4.21 Å². The fourth-order valence-electron chi connectivity index (χ4n) is 2.62. The highest BCUT2D eigenvalue weighted by Gasteiger charge is 2.20. The minimum Gasteiger partial charge on any atom is -0.284 e. The van der Waals surface area contributed by atoms with Gasteiger partial charge in [0, 0.05) is 23.4 Å². The molecule has 0 aliphatic carbocycles. The van der Waals surface area contributed by atoms with E-state index >= 15 is 0 Å². The average molecular weight is 437 g/mol. The molecule has 2 atom stereocenters. The first-order valence-electron chi connectivity index (χ1n) is 8.40. The largest absolute Gasteiger partial charge is 0.284 e. The predicted molar refractivity (Wildman–Crippen MR) is 106 cm³/mol. The van der Waals surface area contributed by atoms with E-state index in [1.807, 2.05) is 31.2 Å². The summed E-state index contributed by atoms with van der Waals surface area (Å²) in [6.07, 6.45) is 0.817. The fourth-order valence-corrected chi connectivity index (χ4v) is 3.60. The maximum absolute atomic E-state index is 12.0. The Hall–Kier alpha value is -1.54. The van der Waals surface area contributed by atoms with Crippen molar-refractivity contribution in [3.8, 4) is 0 Å². The van der Waals surface area contributed by atoms with Crippen molar-refractivity contribution in [3.05, 3.63) is 64.1 Å². The Kier molecular flexibility index (Phi) is 6.96. The van der Waals surface area contributed by atoms with Crippen LogP contribution in [0.5, 0.6) is 0 Å². The highest BCUT2D eigenvalue weighted by Crippen LogP contribution is 2.26. The summed E-state index contributed by atoms with van der Waals surface area (Å²) >= 11 is 1.98. The van der Waals surface area contributed by atoms with Crippen molar-refractivity contribution < 1.29 is 13.2 Å². The highest BCUT2D eigenvalue weighted by atomic mass is 79.9. The number of rotatable bonds is 7. The first-order valence-corrected chi connectivity index (χ1v) is 10.3. The number of nitrogens with zero attached hydrogens (tertiary/aromatic N) is 1. The van der Waals surface area contributed by atoms with E-state index in [0.717, 1.165) is 28.8 Å². The molecule has 2 aromatic carbocycles. The monoisotopic (exact) mass is 436 g/mol.